The Balaban J connectivity index is 2.29. The number of aliphatic hydroxyl groups is 1. The molecule has 0 bridgehead atoms. The summed E-state index contributed by atoms with van der Waals surface area (Å²) in [5, 5.41) is 11.7. The van der Waals surface area contributed by atoms with Crippen LogP contribution in [0.1, 0.15) is 18.9 Å². The zero-order chi connectivity index (χ0) is 12.8. The third-order valence-electron chi connectivity index (χ3n) is 2.82. The average molecular weight is 240 g/mol. The van der Waals surface area contributed by atoms with Gasteiger partial charge in [0.2, 0.25) is 0 Å². The molecule has 0 aliphatic rings. The lowest BCUT2D eigenvalue weighted by Gasteiger charge is -2.11. The molecule has 0 amide bonds. The average Bonchev–Trinajstić information content (AvgIpc) is 2.43. The van der Waals surface area contributed by atoms with Crippen LogP contribution in [-0.4, -0.2) is 11.7 Å². The Bertz CT molecular complexity index is 591. The van der Waals surface area contributed by atoms with E-state index < -0.39 is 0 Å². The molecule has 18 heavy (non-hydrogen) atoms. The van der Waals surface area contributed by atoms with Gasteiger partial charge < -0.3 is 9.84 Å². The number of benzene rings is 2. The first-order valence-corrected chi connectivity index (χ1v) is 6.00. The van der Waals surface area contributed by atoms with Crippen molar-refractivity contribution >= 4 is 10.8 Å². The molecule has 2 rings (SSSR count). The van der Waals surface area contributed by atoms with Crippen LogP contribution in [0.5, 0.6) is 5.75 Å². The zero-order valence-corrected chi connectivity index (χ0v) is 10.4. The summed E-state index contributed by atoms with van der Waals surface area (Å²) in [6.45, 7) is 2.34. The second-order valence-electron chi connectivity index (χ2n) is 3.95. The first-order valence-electron chi connectivity index (χ1n) is 6.00. The Morgan fingerprint density at radius 3 is 2.78 bits per heavy atom. The van der Waals surface area contributed by atoms with Gasteiger partial charge in [-0.2, -0.15) is 0 Å². The van der Waals surface area contributed by atoms with Gasteiger partial charge in [0.05, 0.1) is 13.2 Å². The summed E-state index contributed by atoms with van der Waals surface area (Å²) in [5.74, 6) is 6.53. The van der Waals surface area contributed by atoms with Crippen LogP contribution in [-0.2, 0) is 6.61 Å². The van der Waals surface area contributed by atoms with Crippen molar-refractivity contribution in [2.45, 2.75) is 20.0 Å². The van der Waals surface area contributed by atoms with Crippen molar-refractivity contribution < 1.29 is 9.84 Å². The Morgan fingerprint density at radius 2 is 2.00 bits per heavy atom. The molecule has 2 aromatic rings. The highest BCUT2D eigenvalue weighted by molar-refractivity contribution is 5.87. The summed E-state index contributed by atoms with van der Waals surface area (Å²) in [6.07, 6.45) is 0.703. The molecule has 0 heterocycles. The van der Waals surface area contributed by atoms with E-state index in [2.05, 4.69) is 11.8 Å². The van der Waals surface area contributed by atoms with Gasteiger partial charge in [-0.05, 0) is 23.8 Å². The minimum absolute atomic E-state index is 0.0177. The summed E-state index contributed by atoms with van der Waals surface area (Å²) in [5.41, 5.74) is 0.845. The van der Waals surface area contributed by atoms with Gasteiger partial charge in [-0.25, -0.2) is 0 Å². The topological polar surface area (TPSA) is 29.5 Å². The van der Waals surface area contributed by atoms with Crippen molar-refractivity contribution in [1.29, 1.82) is 0 Å². The Morgan fingerprint density at radius 1 is 1.17 bits per heavy atom. The predicted octanol–water partition coefficient (Wildman–Crippen LogP) is 3.12. The van der Waals surface area contributed by atoms with Crippen molar-refractivity contribution in [1.82, 2.24) is 0 Å². The van der Waals surface area contributed by atoms with Crippen LogP contribution in [0.15, 0.2) is 36.4 Å². The summed E-state index contributed by atoms with van der Waals surface area (Å²) in [6, 6.07) is 11.9. The molecule has 0 aromatic heterocycles. The van der Waals surface area contributed by atoms with E-state index in [0.717, 1.165) is 22.1 Å². The van der Waals surface area contributed by atoms with Crippen LogP contribution in [0, 0.1) is 11.8 Å². The maximum atomic E-state index is 9.51. The van der Waals surface area contributed by atoms with Gasteiger partial charge in [-0.1, -0.05) is 30.3 Å². The maximum absolute atomic E-state index is 9.51. The van der Waals surface area contributed by atoms with Crippen LogP contribution in [0.4, 0.5) is 0 Å². The molecule has 0 atom stereocenters. The smallest absolute Gasteiger partial charge is 0.125 e. The molecule has 1 N–H and O–H groups in total. The lowest BCUT2D eigenvalue weighted by atomic mass is 10.0. The molecule has 0 radical (unpaired) electrons. The Hall–Kier alpha value is -1.98. The lowest BCUT2D eigenvalue weighted by molar-refractivity contribution is 0.266. The molecule has 0 aliphatic heterocycles. The maximum Gasteiger partial charge on any atom is 0.125 e. The fourth-order valence-corrected chi connectivity index (χ4v) is 1.95. The van der Waals surface area contributed by atoms with E-state index in [-0.39, 0.29) is 6.61 Å². The minimum Gasteiger partial charge on any atom is -0.492 e. The third kappa shape index (κ3) is 2.64. The number of hydrogen-bond donors (Lipinski definition) is 1. The fourth-order valence-electron chi connectivity index (χ4n) is 1.95. The molecule has 0 saturated heterocycles. The molecule has 0 unspecified atom stereocenters. The predicted molar refractivity (Wildman–Crippen MR) is 73.4 cm³/mol. The molecule has 2 aromatic carbocycles. The van der Waals surface area contributed by atoms with Gasteiger partial charge in [-0.3, -0.25) is 0 Å². The first kappa shape index (κ1) is 12.5. The van der Waals surface area contributed by atoms with Crippen molar-refractivity contribution in [3.63, 3.8) is 0 Å². The molecule has 0 aliphatic carbocycles. The lowest BCUT2D eigenvalue weighted by Crippen LogP contribution is -2.00. The standard InChI is InChI=1S/C16H16O2/c1-2-3-6-11-18-16-10-9-13-7-4-5-8-14(13)15(16)12-17/h4-5,7-10,17H,6,11-12H2,1H3. The molecule has 2 nitrogen and oxygen atoms in total. The van der Waals surface area contributed by atoms with Crippen molar-refractivity contribution in [2.75, 3.05) is 6.61 Å². The molecule has 0 spiro atoms. The molecular weight excluding hydrogens is 224 g/mol. The monoisotopic (exact) mass is 240 g/mol. The van der Waals surface area contributed by atoms with Crippen LogP contribution < -0.4 is 4.74 Å². The number of hydrogen-bond acceptors (Lipinski definition) is 2. The van der Waals surface area contributed by atoms with E-state index >= 15 is 0 Å². The molecule has 0 saturated carbocycles. The van der Waals surface area contributed by atoms with E-state index in [1.165, 1.54) is 0 Å². The van der Waals surface area contributed by atoms with Gasteiger partial charge in [0, 0.05) is 12.0 Å². The SMILES string of the molecule is CC#CCCOc1ccc2ccccc2c1CO. The van der Waals surface area contributed by atoms with E-state index in [1.54, 1.807) is 0 Å². The highest BCUT2D eigenvalue weighted by Crippen LogP contribution is 2.28. The van der Waals surface area contributed by atoms with Crippen molar-refractivity contribution in [3.8, 4) is 17.6 Å². The van der Waals surface area contributed by atoms with E-state index in [4.69, 9.17) is 4.74 Å². The summed E-state index contributed by atoms with van der Waals surface area (Å²) in [7, 11) is 0. The van der Waals surface area contributed by atoms with Gasteiger partial charge in [0.1, 0.15) is 5.75 Å². The zero-order valence-electron chi connectivity index (χ0n) is 10.4. The first-order chi connectivity index (χ1) is 8.86. The number of rotatable bonds is 4. The number of ether oxygens (including phenoxy) is 1. The minimum atomic E-state index is -0.0177. The third-order valence-corrected chi connectivity index (χ3v) is 2.82. The number of aliphatic hydroxyl groups excluding tert-OH is 1. The highest BCUT2D eigenvalue weighted by atomic mass is 16.5. The normalized spacial score (nSPS) is 9.89. The summed E-state index contributed by atoms with van der Waals surface area (Å²) >= 11 is 0. The molecule has 0 fully saturated rings. The molecule has 92 valence electrons. The van der Waals surface area contributed by atoms with Crippen LogP contribution in [0.2, 0.25) is 0 Å². The number of fused-ring (bicyclic) bond motifs is 1. The van der Waals surface area contributed by atoms with Crippen molar-refractivity contribution in [2.24, 2.45) is 0 Å². The summed E-state index contributed by atoms with van der Waals surface area (Å²) < 4.78 is 5.68. The second-order valence-corrected chi connectivity index (χ2v) is 3.95. The molecular formula is C16H16O2. The van der Waals surface area contributed by atoms with Crippen molar-refractivity contribution in [3.05, 3.63) is 42.0 Å². The van der Waals surface area contributed by atoms with Gasteiger partial charge >= 0.3 is 0 Å². The van der Waals surface area contributed by atoms with Gasteiger partial charge in [0.25, 0.3) is 0 Å². The van der Waals surface area contributed by atoms with E-state index in [9.17, 15) is 5.11 Å². The van der Waals surface area contributed by atoms with Crippen LogP contribution in [0.3, 0.4) is 0 Å². The van der Waals surface area contributed by atoms with Gasteiger partial charge in [0.15, 0.2) is 0 Å². The van der Waals surface area contributed by atoms with Gasteiger partial charge in [-0.15, -0.1) is 11.8 Å². The van der Waals surface area contributed by atoms with E-state index in [0.29, 0.717) is 13.0 Å². The fraction of sp³-hybridized carbons (Fsp3) is 0.250. The molecule has 2 heteroatoms. The second kappa shape index (κ2) is 6.09. The largest absolute Gasteiger partial charge is 0.492 e. The van der Waals surface area contributed by atoms with Crippen LogP contribution >= 0.6 is 0 Å². The van der Waals surface area contributed by atoms with E-state index in [1.807, 2.05) is 43.3 Å². The van der Waals surface area contributed by atoms with Crippen LogP contribution in [0.25, 0.3) is 10.8 Å². The summed E-state index contributed by atoms with van der Waals surface area (Å²) in [4.78, 5) is 0. The highest BCUT2D eigenvalue weighted by Gasteiger charge is 2.07. The quantitative estimate of drug-likeness (QED) is 0.657. The Kier molecular flexibility index (Phi) is 4.22. The Labute approximate surface area is 107 Å².